The van der Waals surface area contributed by atoms with Gasteiger partial charge in [-0.2, -0.15) is 0 Å². The third-order valence-corrected chi connectivity index (χ3v) is 7.56. The van der Waals surface area contributed by atoms with Gasteiger partial charge in [0.1, 0.15) is 0 Å². The third kappa shape index (κ3) is 3.60. The van der Waals surface area contributed by atoms with Gasteiger partial charge in [-0.3, -0.25) is 4.79 Å². The number of carbonyl (C=O) groups excluding carboxylic acids is 1. The summed E-state index contributed by atoms with van der Waals surface area (Å²) >= 11 is 6.53. The summed E-state index contributed by atoms with van der Waals surface area (Å²) < 4.78 is 6.91. The average molecular weight is 506 g/mol. The molecule has 10 nitrogen and oxygen atoms in total. The molecule has 0 spiro atoms. The number of amides is 1. The monoisotopic (exact) mass is 505 g/mol. The van der Waals surface area contributed by atoms with Crippen molar-refractivity contribution in [2.45, 2.75) is 31.8 Å². The molecule has 2 bridgehead atoms. The summed E-state index contributed by atoms with van der Waals surface area (Å²) in [5.41, 5.74) is 8.95. The van der Waals surface area contributed by atoms with Gasteiger partial charge in [0, 0.05) is 37.2 Å². The number of nitrogen functional groups attached to an aromatic ring is 1. The summed E-state index contributed by atoms with van der Waals surface area (Å²) in [5.74, 6) is 1.12. The number of piperidine rings is 1. The fourth-order valence-corrected chi connectivity index (χ4v) is 5.76. The van der Waals surface area contributed by atoms with Crippen LogP contribution in [0.2, 0.25) is 5.02 Å². The largest absolute Gasteiger partial charge is 0.380 e. The Kier molecular flexibility index (Phi) is 5.22. The minimum absolute atomic E-state index is 0.0429. The van der Waals surface area contributed by atoms with Gasteiger partial charge < -0.3 is 25.0 Å². The molecule has 6 rings (SSSR count). The number of anilines is 2. The number of fused-ring (bicyclic) bond motifs is 3. The summed E-state index contributed by atoms with van der Waals surface area (Å²) in [6, 6.07) is 7.13. The van der Waals surface area contributed by atoms with Gasteiger partial charge in [-0.25, -0.2) is 14.8 Å². The normalized spacial score (nSPS) is 20.9. The molecular formula is C25H24ClN7O3. The van der Waals surface area contributed by atoms with Gasteiger partial charge in [0.15, 0.2) is 11.6 Å². The van der Waals surface area contributed by atoms with E-state index in [2.05, 4.69) is 20.4 Å². The molecule has 1 aliphatic heterocycles. The number of aromatic nitrogens is 4. The lowest BCUT2D eigenvalue weighted by atomic mass is 10.0. The van der Waals surface area contributed by atoms with E-state index < -0.39 is 0 Å². The van der Waals surface area contributed by atoms with Gasteiger partial charge in [-0.1, -0.05) is 22.8 Å². The summed E-state index contributed by atoms with van der Waals surface area (Å²) in [7, 11) is 1.63. The number of carbonyl (C=O) groups is 1. The zero-order chi connectivity index (χ0) is 25.1. The lowest BCUT2D eigenvalue weighted by molar-refractivity contribution is 0.0932. The van der Waals surface area contributed by atoms with E-state index in [0.717, 1.165) is 41.6 Å². The number of hydrogen-bond donors (Lipinski definition) is 2. The molecule has 36 heavy (non-hydrogen) atoms. The van der Waals surface area contributed by atoms with Gasteiger partial charge in [-0.15, -0.1) is 0 Å². The van der Waals surface area contributed by atoms with Crippen molar-refractivity contribution >= 4 is 40.1 Å². The molecule has 184 valence electrons. The van der Waals surface area contributed by atoms with Crippen LogP contribution in [0.25, 0.3) is 22.1 Å². The molecule has 1 aliphatic carbocycles. The fraction of sp³-hybridized carbons (Fsp3) is 0.320. The predicted octanol–water partition coefficient (Wildman–Crippen LogP) is 2.92. The average Bonchev–Trinajstić information content (AvgIpc) is 3.53. The minimum Gasteiger partial charge on any atom is -0.380 e. The highest BCUT2D eigenvalue weighted by Gasteiger charge is 2.49. The second-order valence-corrected chi connectivity index (χ2v) is 9.93. The van der Waals surface area contributed by atoms with E-state index in [1.165, 1.54) is 10.8 Å². The van der Waals surface area contributed by atoms with Crippen LogP contribution in [-0.4, -0.2) is 44.2 Å². The summed E-state index contributed by atoms with van der Waals surface area (Å²) in [6.45, 7) is 2.67. The van der Waals surface area contributed by atoms with E-state index in [1.807, 2.05) is 13.0 Å². The second kappa shape index (κ2) is 8.34. The predicted molar refractivity (Wildman–Crippen MR) is 136 cm³/mol. The number of halogens is 1. The van der Waals surface area contributed by atoms with Crippen molar-refractivity contribution in [1.29, 1.82) is 0 Å². The number of hydrogen-bond acceptors (Lipinski definition) is 8. The molecule has 2 fully saturated rings. The fourth-order valence-electron chi connectivity index (χ4n) is 5.49. The Balaban J connectivity index is 1.24. The molecule has 4 heterocycles. The molecule has 2 aliphatic rings. The molecule has 1 amide bonds. The Morgan fingerprint density at radius 1 is 1.25 bits per heavy atom. The third-order valence-electron chi connectivity index (χ3n) is 7.25. The molecule has 11 heteroatoms. The molecule has 4 aromatic rings. The Bertz CT molecular complexity index is 1580. The first kappa shape index (κ1) is 22.5. The van der Waals surface area contributed by atoms with Crippen molar-refractivity contribution in [1.82, 2.24) is 25.0 Å². The van der Waals surface area contributed by atoms with Crippen LogP contribution in [0.4, 0.5) is 11.6 Å². The Hall–Kier alpha value is -3.92. The Morgan fingerprint density at radius 2 is 2.08 bits per heavy atom. The molecule has 1 saturated carbocycles. The molecule has 3 aromatic heterocycles. The molecule has 3 unspecified atom stereocenters. The lowest BCUT2D eigenvalue weighted by Crippen LogP contribution is -2.44. The topological polar surface area (TPSA) is 132 Å². The first-order valence-electron chi connectivity index (χ1n) is 11.7. The molecule has 0 radical (unpaired) electrons. The first-order chi connectivity index (χ1) is 17.3. The van der Waals surface area contributed by atoms with Gasteiger partial charge in [-0.05, 0) is 49.4 Å². The van der Waals surface area contributed by atoms with Crippen LogP contribution in [0, 0.1) is 12.8 Å². The standard InChI is InChI=1S/C25H24ClN7O3/c1-12-7-17-21(36-31-22(17)27)23(29-12)33-11-14-4-6-19(33)20(14)30-24(34)16-5-3-13(8-18(16)26)15-9-28-25(35)32(2)10-15/h3,5,7-10,14,19-20H,4,6,11H2,1-2H3,(H2,27,31)(H,30,34). The van der Waals surface area contributed by atoms with Crippen LogP contribution in [0.3, 0.4) is 0 Å². The second-order valence-electron chi connectivity index (χ2n) is 9.52. The summed E-state index contributed by atoms with van der Waals surface area (Å²) in [4.78, 5) is 35.6. The van der Waals surface area contributed by atoms with Crippen LogP contribution in [0.15, 0.2) is 46.0 Å². The number of benzene rings is 1. The highest BCUT2D eigenvalue weighted by Crippen LogP contribution is 2.43. The lowest BCUT2D eigenvalue weighted by Gasteiger charge is -2.28. The van der Waals surface area contributed by atoms with Crippen LogP contribution in [0.5, 0.6) is 0 Å². The number of pyridine rings is 1. The number of nitrogens with two attached hydrogens (primary N) is 1. The number of rotatable bonds is 4. The molecule has 1 saturated heterocycles. The number of nitrogens with zero attached hydrogens (tertiary/aromatic N) is 5. The van der Waals surface area contributed by atoms with Gasteiger partial charge in [0.2, 0.25) is 5.58 Å². The van der Waals surface area contributed by atoms with Crippen molar-refractivity contribution in [2.24, 2.45) is 13.0 Å². The van der Waals surface area contributed by atoms with Gasteiger partial charge in [0.05, 0.1) is 28.1 Å². The SMILES string of the molecule is Cc1cc2c(N)noc2c(N2CC3CCC2C3NC(=O)c2ccc(-c3cnc(=O)n(C)c3)cc2Cl)n1. The number of aryl methyl sites for hydroxylation is 2. The van der Waals surface area contributed by atoms with Crippen molar-refractivity contribution in [3.8, 4) is 11.1 Å². The van der Waals surface area contributed by atoms with E-state index >= 15 is 0 Å². The first-order valence-corrected chi connectivity index (χ1v) is 12.1. The molecule has 1 aromatic carbocycles. The van der Waals surface area contributed by atoms with Crippen LogP contribution >= 0.6 is 11.6 Å². The maximum absolute atomic E-state index is 13.3. The van der Waals surface area contributed by atoms with Crippen molar-refractivity contribution in [3.05, 3.63) is 63.4 Å². The highest BCUT2D eigenvalue weighted by atomic mass is 35.5. The number of nitrogens with one attached hydrogen (secondary N) is 1. The van der Waals surface area contributed by atoms with Crippen molar-refractivity contribution in [3.63, 3.8) is 0 Å². The van der Waals surface area contributed by atoms with E-state index in [0.29, 0.717) is 27.8 Å². The molecular weight excluding hydrogens is 482 g/mol. The van der Waals surface area contributed by atoms with Crippen LogP contribution in [-0.2, 0) is 7.05 Å². The van der Waals surface area contributed by atoms with E-state index in [9.17, 15) is 9.59 Å². The van der Waals surface area contributed by atoms with E-state index in [4.69, 9.17) is 26.8 Å². The molecule has 3 atom stereocenters. The minimum atomic E-state index is -0.338. The van der Waals surface area contributed by atoms with Gasteiger partial charge >= 0.3 is 5.69 Å². The maximum atomic E-state index is 13.3. The highest BCUT2D eigenvalue weighted by molar-refractivity contribution is 6.34. The van der Waals surface area contributed by atoms with Crippen molar-refractivity contribution in [2.75, 3.05) is 17.2 Å². The van der Waals surface area contributed by atoms with Gasteiger partial charge in [0.25, 0.3) is 5.91 Å². The zero-order valence-electron chi connectivity index (χ0n) is 19.7. The Labute approximate surface area is 211 Å². The van der Waals surface area contributed by atoms with Crippen molar-refractivity contribution < 1.29 is 9.32 Å². The smallest absolute Gasteiger partial charge is 0.347 e. The van der Waals surface area contributed by atoms with E-state index in [-0.39, 0.29) is 29.6 Å². The molecule has 3 N–H and O–H groups in total. The summed E-state index contributed by atoms with van der Waals surface area (Å²) in [6.07, 6.45) is 5.13. The zero-order valence-corrected chi connectivity index (χ0v) is 20.5. The van der Waals surface area contributed by atoms with Crippen LogP contribution < -0.4 is 21.6 Å². The Morgan fingerprint density at radius 3 is 2.86 bits per heavy atom. The van der Waals surface area contributed by atoms with E-state index in [1.54, 1.807) is 31.4 Å². The summed E-state index contributed by atoms with van der Waals surface area (Å²) in [5, 5.41) is 8.22. The maximum Gasteiger partial charge on any atom is 0.347 e. The van der Waals surface area contributed by atoms with Crippen LogP contribution in [0.1, 0.15) is 28.9 Å². The quantitative estimate of drug-likeness (QED) is 0.432.